The molecule has 110 valence electrons. The van der Waals surface area contributed by atoms with Crippen LogP contribution in [0.4, 0.5) is 0 Å². The zero-order valence-corrected chi connectivity index (χ0v) is 11.8. The highest BCUT2D eigenvalue weighted by Crippen LogP contribution is 2.30. The van der Waals surface area contributed by atoms with E-state index in [0.717, 1.165) is 31.4 Å². The third kappa shape index (κ3) is 3.31. The van der Waals surface area contributed by atoms with Gasteiger partial charge in [0, 0.05) is 31.0 Å². The van der Waals surface area contributed by atoms with Crippen molar-refractivity contribution >= 4 is 5.91 Å². The van der Waals surface area contributed by atoms with Crippen molar-refractivity contribution in [1.82, 2.24) is 14.9 Å². The summed E-state index contributed by atoms with van der Waals surface area (Å²) in [5.74, 6) is -0.135. The Morgan fingerprint density at radius 1 is 1.33 bits per heavy atom. The van der Waals surface area contributed by atoms with Crippen molar-refractivity contribution in [3.8, 4) is 0 Å². The van der Waals surface area contributed by atoms with E-state index in [1.165, 1.54) is 0 Å². The lowest BCUT2D eigenvalue weighted by Gasteiger charge is -2.36. The summed E-state index contributed by atoms with van der Waals surface area (Å²) in [6.07, 6.45) is 8.00. The fraction of sp³-hybridized carbons (Fsp3) is 0.375. The minimum atomic E-state index is -0.684. The van der Waals surface area contributed by atoms with Gasteiger partial charge in [-0.05, 0) is 37.0 Å². The normalized spacial score (nSPS) is 16.2. The molecule has 0 aliphatic heterocycles. The van der Waals surface area contributed by atoms with E-state index in [-0.39, 0.29) is 5.91 Å². The molecule has 0 radical (unpaired) electrons. The minimum absolute atomic E-state index is 0.135. The van der Waals surface area contributed by atoms with Gasteiger partial charge in [-0.25, -0.2) is 4.98 Å². The summed E-state index contributed by atoms with van der Waals surface area (Å²) in [5, 5.41) is 12.8. The van der Waals surface area contributed by atoms with Gasteiger partial charge in [-0.2, -0.15) is 0 Å². The van der Waals surface area contributed by atoms with Crippen molar-refractivity contribution in [3.05, 3.63) is 54.1 Å². The molecular formula is C16H19N3O2. The second-order valence-corrected chi connectivity index (χ2v) is 5.69. The van der Waals surface area contributed by atoms with E-state index in [1.54, 1.807) is 12.5 Å². The second kappa shape index (κ2) is 5.69. The van der Waals surface area contributed by atoms with Gasteiger partial charge in [-0.3, -0.25) is 4.79 Å². The molecule has 1 fully saturated rings. The van der Waals surface area contributed by atoms with Gasteiger partial charge in [-0.1, -0.05) is 12.1 Å². The zero-order chi connectivity index (χ0) is 14.7. The standard InChI is InChI=1S/C16H19N3O2/c20-15(18-11-16(21)6-1-7-16)14-4-2-13(3-5-14)10-19-9-8-17-12-19/h2-5,8-9,12,21H,1,6-7,10-11H2,(H,18,20). The van der Waals surface area contributed by atoms with Gasteiger partial charge in [0.1, 0.15) is 0 Å². The molecule has 5 heteroatoms. The number of amides is 1. The predicted molar refractivity (Wildman–Crippen MR) is 78.9 cm³/mol. The van der Waals surface area contributed by atoms with Crippen molar-refractivity contribution in [2.24, 2.45) is 0 Å². The summed E-state index contributed by atoms with van der Waals surface area (Å²) in [4.78, 5) is 16.0. The summed E-state index contributed by atoms with van der Waals surface area (Å²) in [5.41, 5.74) is 1.05. The van der Waals surface area contributed by atoms with Gasteiger partial charge < -0.3 is 15.0 Å². The summed E-state index contributed by atoms with van der Waals surface area (Å²) in [6, 6.07) is 7.50. The molecule has 1 aromatic carbocycles. The number of hydrogen-bond donors (Lipinski definition) is 2. The average molecular weight is 285 g/mol. The first-order chi connectivity index (χ1) is 10.1. The maximum atomic E-state index is 12.0. The third-order valence-corrected chi connectivity index (χ3v) is 4.00. The highest BCUT2D eigenvalue weighted by atomic mass is 16.3. The van der Waals surface area contributed by atoms with Gasteiger partial charge in [-0.15, -0.1) is 0 Å². The van der Waals surface area contributed by atoms with Gasteiger partial charge in [0.05, 0.1) is 11.9 Å². The highest BCUT2D eigenvalue weighted by molar-refractivity contribution is 5.94. The molecule has 1 amide bonds. The molecule has 1 aliphatic carbocycles. The number of benzene rings is 1. The Morgan fingerprint density at radius 2 is 2.10 bits per heavy atom. The van der Waals surface area contributed by atoms with Crippen molar-refractivity contribution in [1.29, 1.82) is 0 Å². The van der Waals surface area contributed by atoms with Crippen LogP contribution in [0.15, 0.2) is 43.0 Å². The average Bonchev–Trinajstić information content (AvgIpc) is 2.96. The molecule has 0 atom stereocenters. The Bertz CT molecular complexity index is 601. The summed E-state index contributed by atoms with van der Waals surface area (Å²) < 4.78 is 1.97. The van der Waals surface area contributed by atoms with Crippen molar-refractivity contribution in [3.63, 3.8) is 0 Å². The van der Waals surface area contributed by atoms with Crippen molar-refractivity contribution in [2.45, 2.75) is 31.4 Å². The molecule has 0 spiro atoms. The molecule has 1 heterocycles. The number of imidazole rings is 1. The third-order valence-electron chi connectivity index (χ3n) is 4.00. The van der Waals surface area contributed by atoms with Crippen LogP contribution in [0.25, 0.3) is 0 Å². The molecule has 0 saturated heterocycles. The highest BCUT2D eigenvalue weighted by Gasteiger charge is 2.34. The maximum absolute atomic E-state index is 12.0. The Kier molecular flexibility index (Phi) is 3.75. The number of nitrogens with one attached hydrogen (secondary N) is 1. The molecule has 5 nitrogen and oxygen atoms in total. The van der Waals surface area contributed by atoms with E-state index in [0.29, 0.717) is 12.1 Å². The smallest absolute Gasteiger partial charge is 0.251 e. The molecule has 3 rings (SSSR count). The van der Waals surface area contributed by atoms with Gasteiger partial charge in [0.15, 0.2) is 0 Å². The van der Waals surface area contributed by atoms with Crippen LogP contribution in [0.3, 0.4) is 0 Å². The number of aliphatic hydroxyl groups is 1. The number of carbonyl (C=O) groups is 1. The summed E-state index contributed by atoms with van der Waals surface area (Å²) in [6.45, 7) is 1.07. The van der Waals surface area contributed by atoms with E-state index in [9.17, 15) is 9.90 Å². The first-order valence-electron chi connectivity index (χ1n) is 7.20. The first kappa shape index (κ1) is 13.8. The predicted octanol–water partition coefficient (Wildman–Crippen LogP) is 1.58. The van der Waals surface area contributed by atoms with Crippen LogP contribution < -0.4 is 5.32 Å². The monoisotopic (exact) mass is 285 g/mol. The molecular weight excluding hydrogens is 266 g/mol. The van der Waals surface area contributed by atoms with Gasteiger partial charge >= 0.3 is 0 Å². The number of rotatable bonds is 5. The first-order valence-corrected chi connectivity index (χ1v) is 7.20. The van der Waals surface area contributed by atoms with E-state index < -0.39 is 5.60 Å². The fourth-order valence-corrected chi connectivity index (χ4v) is 2.46. The van der Waals surface area contributed by atoms with Crippen LogP contribution in [-0.2, 0) is 6.54 Å². The fourth-order valence-electron chi connectivity index (χ4n) is 2.46. The van der Waals surface area contributed by atoms with Crippen LogP contribution in [-0.4, -0.2) is 32.7 Å². The van der Waals surface area contributed by atoms with Crippen LogP contribution >= 0.6 is 0 Å². The van der Waals surface area contributed by atoms with Crippen LogP contribution in [0.2, 0.25) is 0 Å². The van der Waals surface area contributed by atoms with Gasteiger partial charge in [0.25, 0.3) is 5.91 Å². The molecule has 1 saturated carbocycles. The lowest BCUT2D eigenvalue weighted by Crippen LogP contribution is -2.47. The number of nitrogens with zero attached hydrogens (tertiary/aromatic N) is 2. The van der Waals surface area contributed by atoms with Crippen LogP contribution in [0, 0.1) is 0 Å². The minimum Gasteiger partial charge on any atom is -0.388 e. The van der Waals surface area contributed by atoms with E-state index >= 15 is 0 Å². The van der Waals surface area contributed by atoms with Crippen molar-refractivity contribution in [2.75, 3.05) is 6.54 Å². The Balaban J connectivity index is 1.57. The molecule has 0 bridgehead atoms. The Labute approximate surface area is 123 Å². The molecule has 2 N–H and O–H groups in total. The number of carbonyl (C=O) groups excluding carboxylic acids is 1. The van der Waals surface area contributed by atoms with Crippen LogP contribution in [0.1, 0.15) is 35.2 Å². The molecule has 21 heavy (non-hydrogen) atoms. The van der Waals surface area contributed by atoms with Crippen molar-refractivity contribution < 1.29 is 9.90 Å². The lowest BCUT2D eigenvalue weighted by molar-refractivity contribution is -0.0300. The number of hydrogen-bond acceptors (Lipinski definition) is 3. The largest absolute Gasteiger partial charge is 0.388 e. The molecule has 1 aromatic heterocycles. The van der Waals surface area contributed by atoms with Crippen LogP contribution in [0.5, 0.6) is 0 Å². The Morgan fingerprint density at radius 3 is 2.67 bits per heavy atom. The Hall–Kier alpha value is -2.14. The van der Waals surface area contributed by atoms with E-state index in [2.05, 4.69) is 10.3 Å². The zero-order valence-electron chi connectivity index (χ0n) is 11.8. The maximum Gasteiger partial charge on any atom is 0.251 e. The topological polar surface area (TPSA) is 67.2 Å². The van der Waals surface area contributed by atoms with E-state index in [1.807, 2.05) is 35.0 Å². The quantitative estimate of drug-likeness (QED) is 0.876. The van der Waals surface area contributed by atoms with Gasteiger partial charge in [0.2, 0.25) is 0 Å². The SMILES string of the molecule is O=C(NCC1(O)CCC1)c1ccc(Cn2ccnc2)cc1. The lowest BCUT2D eigenvalue weighted by atomic mass is 9.80. The van der Waals surface area contributed by atoms with E-state index in [4.69, 9.17) is 0 Å². The number of aromatic nitrogens is 2. The second-order valence-electron chi connectivity index (χ2n) is 5.69. The molecule has 1 aliphatic rings. The molecule has 2 aromatic rings. The summed E-state index contributed by atoms with van der Waals surface area (Å²) >= 11 is 0. The summed E-state index contributed by atoms with van der Waals surface area (Å²) in [7, 11) is 0. The molecule has 0 unspecified atom stereocenters.